The van der Waals surface area contributed by atoms with Crippen LogP contribution in [0.2, 0.25) is 0 Å². The second-order valence-electron chi connectivity index (χ2n) is 11.8. The fourth-order valence-electron chi connectivity index (χ4n) is 6.22. The molecule has 258 valence electrons. The van der Waals surface area contributed by atoms with Crippen molar-refractivity contribution in [3.8, 4) is 45.0 Å². The lowest BCUT2D eigenvalue weighted by molar-refractivity contribution is -0.274. The number of likely N-dealkylation sites (N-methyl/N-ethyl adjacent to an activating group) is 1. The number of fused-ring (bicyclic) bond motifs is 1. The number of hydrogen-bond acceptors (Lipinski definition) is 11. The van der Waals surface area contributed by atoms with Gasteiger partial charge in [0, 0.05) is 43.3 Å². The standard InChI is InChI=1S/C34H36F3N7O4S/c1-5-42-12-14-43(15-13-42)26-19-27-25(38-31(44(27)22-8-9-22)20-6-10-23(11-7-20)48-34(35,36)37)18-24(26)39-33-41-40-32(49-33)21-16-28(45-2)30(47-4)29(17-21)46-3/h6-7,10-11,16-19,22H,5,8-9,12-15H2,1-4H3,(H,39,41). The number of piperazine rings is 1. The van der Waals surface area contributed by atoms with Crippen molar-refractivity contribution in [3.63, 3.8) is 0 Å². The zero-order valence-corrected chi connectivity index (χ0v) is 28.3. The Bertz CT molecular complexity index is 1930. The summed E-state index contributed by atoms with van der Waals surface area (Å²) in [6.45, 7) is 6.76. The molecule has 2 aliphatic rings. The van der Waals surface area contributed by atoms with Crippen LogP contribution in [0.4, 0.5) is 29.7 Å². The number of imidazole rings is 1. The molecule has 3 aromatic carbocycles. The van der Waals surface area contributed by atoms with Crippen molar-refractivity contribution in [1.82, 2.24) is 24.6 Å². The van der Waals surface area contributed by atoms with Gasteiger partial charge in [0.15, 0.2) is 11.5 Å². The summed E-state index contributed by atoms with van der Waals surface area (Å²) in [7, 11) is 4.70. The molecule has 2 aromatic heterocycles. The quantitative estimate of drug-likeness (QED) is 0.151. The minimum absolute atomic E-state index is 0.263. The summed E-state index contributed by atoms with van der Waals surface area (Å²) in [6, 6.07) is 14.0. The van der Waals surface area contributed by atoms with E-state index in [2.05, 4.69) is 47.6 Å². The van der Waals surface area contributed by atoms with Crippen molar-refractivity contribution in [2.24, 2.45) is 0 Å². The maximum absolute atomic E-state index is 12.8. The minimum atomic E-state index is -4.76. The number of anilines is 3. The second-order valence-corrected chi connectivity index (χ2v) is 12.8. The Balaban J connectivity index is 1.27. The lowest BCUT2D eigenvalue weighted by atomic mass is 10.2. The molecule has 15 heteroatoms. The van der Waals surface area contributed by atoms with Crippen molar-refractivity contribution < 1.29 is 32.1 Å². The van der Waals surface area contributed by atoms with Crippen LogP contribution in [0, 0.1) is 0 Å². The minimum Gasteiger partial charge on any atom is -0.493 e. The van der Waals surface area contributed by atoms with Gasteiger partial charge in [0.05, 0.1) is 43.7 Å². The molecular formula is C34H36F3N7O4S. The fraction of sp³-hybridized carbons (Fsp3) is 0.382. The highest BCUT2D eigenvalue weighted by molar-refractivity contribution is 7.18. The van der Waals surface area contributed by atoms with Gasteiger partial charge in [0.2, 0.25) is 10.9 Å². The Morgan fingerprint density at radius 1 is 0.878 bits per heavy atom. The largest absolute Gasteiger partial charge is 0.573 e. The number of nitrogens with one attached hydrogen (secondary N) is 1. The highest BCUT2D eigenvalue weighted by atomic mass is 32.1. The first-order chi connectivity index (χ1) is 23.7. The highest BCUT2D eigenvalue weighted by Gasteiger charge is 2.32. The zero-order valence-electron chi connectivity index (χ0n) is 27.5. The number of nitrogens with zero attached hydrogens (tertiary/aromatic N) is 6. The zero-order chi connectivity index (χ0) is 34.3. The molecule has 11 nitrogen and oxygen atoms in total. The van der Waals surface area contributed by atoms with E-state index in [0.29, 0.717) is 38.8 Å². The van der Waals surface area contributed by atoms with Crippen molar-refractivity contribution in [2.75, 3.05) is 64.3 Å². The molecule has 3 heterocycles. The van der Waals surface area contributed by atoms with Gasteiger partial charge < -0.3 is 38.6 Å². The van der Waals surface area contributed by atoms with Gasteiger partial charge in [-0.05, 0) is 67.9 Å². The van der Waals surface area contributed by atoms with E-state index in [0.717, 1.165) is 73.5 Å². The predicted molar refractivity (Wildman–Crippen MR) is 183 cm³/mol. The first-order valence-corrected chi connectivity index (χ1v) is 16.8. The van der Waals surface area contributed by atoms with E-state index in [4.69, 9.17) is 19.2 Å². The number of aromatic nitrogens is 4. The van der Waals surface area contributed by atoms with Crippen molar-refractivity contribution >= 4 is 38.9 Å². The molecule has 0 bridgehead atoms. The van der Waals surface area contributed by atoms with Crippen LogP contribution in [0.25, 0.3) is 33.0 Å². The lowest BCUT2D eigenvalue weighted by Crippen LogP contribution is -2.46. The Morgan fingerprint density at radius 3 is 2.16 bits per heavy atom. The normalized spacial score (nSPS) is 15.4. The SMILES string of the molecule is CCN1CCN(c2cc3c(cc2Nc2nnc(-c4cc(OC)c(OC)c(OC)c4)s2)nc(-c2ccc(OC(F)(F)F)cc2)n3C2CC2)CC1. The van der Waals surface area contributed by atoms with Crippen molar-refractivity contribution in [3.05, 3.63) is 48.5 Å². The molecule has 1 aliphatic heterocycles. The van der Waals surface area contributed by atoms with Gasteiger partial charge >= 0.3 is 6.36 Å². The molecule has 1 aliphatic carbocycles. The van der Waals surface area contributed by atoms with Crippen LogP contribution in [0.3, 0.4) is 0 Å². The van der Waals surface area contributed by atoms with Gasteiger partial charge in [-0.1, -0.05) is 18.3 Å². The number of alkyl halides is 3. The number of hydrogen-bond donors (Lipinski definition) is 1. The Morgan fingerprint density at radius 2 is 1.57 bits per heavy atom. The summed E-state index contributed by atoms with van der Waals surface area (Å²) in [6.07, 6.45) is -2.74. The van der Waals surface area contributed by atoms with Crippen LogP contribution in [0.1, 0.15) is 25.8 Å². The average Bonchev–Trinajstić information content (AvgIpc) is 3.72. The predicted octanol–water partition coefficient (Wildman–Crippen LogP) is 7.37. The third-order valence-corrected chi connectivity index (χ3v) is 9.69. The van der Waals surface area contributed by atoms with Gasteiger partial charge in [-0.3, -0.25) is 0 Å². The van der Waals surface area contributed by atoms with E-state index >= 15 is 0 Å². The molecule has 1 N–H and O–H groups in total. The van der Waals surface area contributed by atoms with E-state index in [-0.39, 0.29) is 11.8 Å². The van der Waals surface area contributed by atoms with Crippen LogP contribution in [0.5, 0.6) is 23.0 Å². The lowest BCUT2D eigenvalue weighted by Gasteiger charge is -2.36. The smallest absolute Gasteiger partial charge is 0.493 e. The summed E-state index contributed by atoms with van der Waals surface area (Å²) < 4.78 is 61.3. The summed E-state index contributed by atoms with van der Waals surface area (Å²) in [4.78, 5) is 9.83. The summed E-state index contributed by atoms with van der Waals surface area (Å²) in [5.74, 6) is 1.97. The Labute approximate surface area is 285 Å². The second kappa shape index (κ2) is 13.3. The molecule has 7 rings (SSSR count). The first-order valence-electron chi connectivity index (χ1n) is 16.0. The molecule has 0 radical (unpaired) electrons. The monoisotopic (exact) mass is 695 g/mol. The number of rotatable bonds is 11. The molecule has 5 aromatic rings. The third-order valence-electron chi connectivity index (χ3n) is 8.80. The molecule has 49 heavy (non-hydrogen) atoms. The number of halogens is 3. The summed E-state index contributed by atoms with van der Waals surface area (Å²) >= 11 is 1.39. The van der Waals surface area contributed by atoms with E-state index in [9.17, 15) is 13.2 Å². The van der Waals surface area contributed by atoms with Gasteiger partial charge in [-0.25, -0.2) is 4.98 Å². The van der Waals surface area contributed by atoms with E-state index in [1.54, 1.807) is 33.5 Å². The number of ether oxygens (including phenoxy) is 4. The molecule has 0 spiro atoms. The average molecular weight is 696 g/mol. The maximum atomic E-state index is 12.8. The van der Waals surface area contributed by atoms with Gasteiger partial charge in [-0.15, -0.1) is 23.4 Å². The van der Waals surface area contributed by atoms with Gasteiger partial charge in [0.25, 0.3) is 0 Å². The van der Waals surface area contributed by atoms with Crippen LogP contribution < -0.4 is 29.2 Å². The van der Waals surface area contributed by atoms with Crippen molar-refractivity contribution in [2.45, 2.75) is 32.2 Å². The Hall–Kier alpha value is -4.76. The molecule has 2 fully saturated rings. The van der Waals surface area contributed by atoms with Crippen LogP contribution >= 0.6 is 11.3 Å². The fourth-order valence-corrected chi connectivity index (χ4v) is 6.96. The highest BCUT2D eigenvalue weighted by Crippen LogP contribution is 2.45. The third kappa shape index (κ3) is 6.77. The molecule has 1 saturated carbocycles. The van der Waals surface area contributed by atoms with E-state index < -0.39 is 6.36 Å². The Kier molecular flexibility index (Phi) is 8.88. The molecule has 1 saturated heterocycles. The van der Waals surface area contributed by atoms with E-state index in [1.165, 1.54) is 23.5 Å². The summed E-state index contributed by atoms with van der Waals surface area (Å²) in [5, 5.41) is 13.7. The molecule has 0 unspecified atom stereocenters. The van der Waals surface area contributed by atoms with Gasteiger partial charge in [-0.2, -0.15) is 0 Å². The first kappa shape index (κ1) is 32.8. The van der Waals surface area contributed by atoms with Crippen LogP contribution in [-0.4, -0.2) is 85.1 Å². The molecular weight excluding hydrogens is 659 g/mol. The summed E-state index contributed by atoms with van der Waals surface area (Å²) in [5.41, 5.74) is 5.09. The van der Waals surface area contributed by atoms with Crippen LogP contribution in [0.15, 0.2) is 48.5 Å². The molecule has 0 atom stereocenters. The number of methoxy groups -OCH3 is 3. The topological polar surface area (TPSA) is 99.0 Å². The van der Waals surface area contributed by atoms with E-state index in [1.807, 2.05) is 18.2 Å². The number of benzene rings is 3. The van der Waals surface area contributed by atoms with Crippen LogP contribution in [-0.2, 0) is 0 Å². The van der Waals surface area contributed by atoms with Gasteiger partial charge in [0.1, 0.15) is 16.6 Å². The maximum Gasteiger partial charge on any atom is 0.573 e. The van der Waals surface area contributed by atoms with Crippen molar-refractivity contribution in [1.29, 1.82) is 0 Å². The molecule has 0 amide bonds.